The van der Waals surface area contributed by atoms with Crippen LogP contribution in [0, 0.1) is 17.8 Å². The first kappa shape index (κ1) is 66.4. The molecule has 3 rings (SSSR count). The Labute approximate surface area is 443 Å². The third kappa shape index (κ3) is 27.5. The van der Waals surface area contributed by atoms with Crippen molar-refractivity contribution in [3.05, 3.63) is 34.9 Å². The monoisotopic (exact) mass is 1110 g/mol. The fourth-order valence-corrected chi connectivity index (χ4v) is 11.4. The summed E-state index contributed by atoms with van der Waals surface area (Å²) in [5.41, 5.74) is 4.78. The zero-order chi connectivity index (χ0) is 55.2. The summed E-state index contributed by atoms with van der Waals surface area (Å²) in [7, 11) is -11.3. The van der Waals surface area contributed by atoms with Gasteiger partial charge in [-0.3, -0.25) is 28.0 Å². The van der Waals surface area contributed by atoms with Gasteiger partial charge in [0, 0.05) is 31.4 Å². The lowest BCUT2D eigenvalue weighted by atomic mass is 9.83. The number of hydrogen-bond acceptors (Lipinski definition) is 18. The predicted molar refractivity (Wildman–Crippen MR) is 281 cm³/mol. The van der Waals surface area contributed by atoms with Crippen molar-refractivity contribution in [2.75, 3.05) is 25.6 Å². The largest absolute Gasteiger partial charge is 0.481 e. The number of aromatic nitrogens is 2. The lowest BCUT2D eigenvalue weighted by Crippen LogP contribution is -2.51. The van der Waals surface area contributed by atoms with Crippen LogP contribution in [0.5, 0.6) is 0 Å². The zero-order valence-corrected chi connectivity index (χ0v) is 46.5. The number of nitrogens with zero attached hydrogens (tertiary/aromatic N) is 2. The fraction of sp³-hybridized carbons (Fsp3) is 0.827. The molecule has 432 valence electrons. The lowest BCUT2D eigenvalue weighted by molar-refractivity contribution is -0.188. The summed E-state index contributed by atoms with van der Waals surface area (Å²) in [5, 5.41) is 45.8. The summed E-state index contributed by atoms with van der Waals surface area (Å²) in [6.07, 6.45) is 12.9. The van der Waals surface area contributed by atoms with Crippen LogP contribution in [0.4, 0.5) is 5.82 Å². The van der Waals surface area contributed by atoms with Crippen LogP contribution >= 0.6 is 15.6 Å². The van der Waals surface area contributed by atoms with Crippen LogP contribution in [0.1, 0.15) is 200 Å². The number of Topliss-reactive ketones (excluding diaryl/α,β-unsaturated/α-hetero) is 1. The minimum absolute atomic E-state index is 0.0579. The van der Waals surface area contributed by atoms with Crippen LogP contribution in [-0.2, 0) is 51.1 Å². The zero-order valence-electron chi connectivity index (χ0n) is 44.7. The highest BCUT2D eigenvalue weighted by Gasteiger charge is 2.45. The fourth-order valence-electron chi connectivity index (χ4n) is 9.29. The Balaban J connectivity index is 1.70. The summed E-state index contributed by atoms with van der Waals surface area (Å²) in [6.45, 7) is 3.84. The van der Waals surface area contributed by atoms with E-state index in [0.29, 0.717) is 38.5 Å². The average molecular weight is 1110 g/mol. The quantitative estimate of drug-likeness (QED) is 0.0198. The van der Waals surface area contributed by atoms with Crippen molar-refractivity contribution in [3.8, 4) is 0 Å². The molecule has 2 unspecified atom stereocenters. The molecular formula is C52H91N3O18P2. The van der Waals surface area contributed by atoms with Crippen molar-refractivity contribution in [1.82, 2.24) is 9.55 Å². The number of esters is 2. The van der Waals surface area contributed by atoms with E-state index in [4.69, 9.17) is 29.0 Å². The number of phosphoric acid groups is 2. The van der Waals surface area contributed by atoms with E-state index in [0.717, 1.165) is 49.0 Å². The SMILES string of the molecule is CCCCC[C@H](O)/C=C\[C@H]1C(=O)C[C@H](O)[C@@H]2CCCCCCC(=O)O[C@H](COC(=O)CCCCCCCCCCCCCCCCC(C)C)COP(=O)(O)OP(=O)(O)OC[C@@H](O[C@H]2n2ccc(N)nc2=O)[C@@H](O)[C@H]1O. The van der Waals surface area contributed by atoms with Gasteiger partial charge in [0.2, 0.25) is 0 Å². The van der Waals surface area contributed by atoms with Crippen molar-refractivity contribution >= 4 is 39.2 Å². The van der Waals surface area contributed by atoms with Crippen molar-refractivity contribution in [1.29, 1.82) is 0 Å². The second-order valence-corrected chi connectivity index (χ2v) is 23.7. The van der Waals surface area contributed by atoms with E-state index in [1.54, 1.807) is 0 Å². The van der Waals surface area contributed by atoms with Gasteiger partial charge in [-0.15, -0.1) is 0 Å². The molecule has 2 aliphatic rings. The van der Waals surface area contributed by atoms with Gasteiger partial charge in [0.25, 0.3) is 0 Å². The number of aliphatic hydroxyl groups excluding tert-OH is 4. The van der Waals surface area contributed by atoms with E-state index < -0.39 is 120 Å². The van der Waals surface area contributed by atoms with Crippen LogP contribution in [-0.4, -0.2) is 114 Å². The first-order valence-corrected chi connectivity index (χ1v) is 30.7. The van der Waals surface area contributed by atoms with Crippen LogP contribution in [0.15, 0.2) is 29.2 Å². The molecule has 75 heavy (non-hydrogen) atoms. The summed E-state index contributed by atoms with van der Waals surface area (Å²) in [4.78, 5) is 78.2. The number of cyclic esters (lactones) is 1. The van der Waals surface area contributed by atoms with Gasteiger partial charge in [-0.25, -0.2) is 13.9 Å². The molecule has 0 saturated carbocycles. The molecule has 0 spiro atoms. The molecule has 2 bridgehead atoms. The molecule has 3 heterocycles. The van der Waals surface area contributed by atoms with E-state index in [-0.39, 0.29) is 31.5 Å². The van der Waals surface area contributed by atoms with Gasteiger partial charge >= 0.3 is 33.3 Å². The normalized spacial score (nSPS) is 28.8. The standard InChI is InChI=1S/C52H91N3O18P2/c1-4-5-20-26-39(56)30-31-41-43(57)34-44(58)42-27-22-18-19-24-29-48(60)71-40(35-68-47(59)28-23-17-15-13-11-9-7-6-8-10-12-14-16-21-25-38(2)3)36-69-74(64,65)73-75(66,67)70-37-45(50(62)49(41)61)72-51(42)55-33-32-46(53)54-52(55)63/h30-33,38-42,44-45,49-51,56,58,61-62H,4-29,34-37H2,1-3H3,(H,64,65)(H,66,67)(H2,53,54,63)/b31-30-/t39-,40+,41-,42-,44-,45+,49-,50+,51+/m0/s1. The maximum absolute atomic E-state index is 14.0. The highest BCUT2D eigenvalue weighted by molar-refractivity contribution is 7.61. The van der Waals surface area contributed by atoms with Crippen molar-refractivity contribution in [3.63, 3.8) is 0 Å². The van der Waals surface area contributed by atoms with Gasteiger partial charge in [0.1, 0.15) is 36.6 Å². The number of nitrogens with two attached hydrogens (primary N) is 1. The Morgan fingerprint density at radius 3 is 2.03 bits per heavy atom. The molecule has 0 aliphatic carbocycles. The molecule has 1 aromatic rings. The number of rotatable bonds is 26. The third-order valence-electron chi connectivity index (χ3n) is 13.7. The van der Waals surface area contributed by atoms with E-state index in [1.165, 1.54) is 88.6 Å². The molecule has 11 atom stereocenters. The maximum Gasteiger partial charge on any atom is 0.481 e. The lowest BCUT2D eigenvalue weighted by Gasteiger charge is -2.39. The van der Waals surface area contributed by atoms with Gasteiger partial charge in [0.05, 0.1) is 37.4 Å². The molecule has 21 nitrogen and oxygen atoms in total. The van der Waals surface area contributed by atoms with Gasteiger partial charge in [-0.2, -0.15) is 9.29 Å². The van der Waals surface area contributed by atoms with Crippen molar-refractivity contribution in [2.24, 2.45) is 17.8 Å². The number of fused-ring (bicyclic) bond motifs is 3. The summed E-state index contributed by atoms with van der Waals surface area (Å²) >= 11 is 0. The Morgan fingerprint density at radius 2 is 1.41 bits per heavy atom. The number of phosphoric ester groups is 2. The Kier molecular flexibility index (Phi) is 32.1. The minimum atomic E-state index is -5.71. The highest BCUT2D eigenvalue weighted by atomic mass is 31.3. The first-order chi connectivity index (χ1) is 35.7. The van der Waals surface area contributed by atoms with Crippen molar-refractivity contribution < 1.29 is 81.3 Å². The van der Waals surface area contributed by atoms with Gasteiger partial charge in [-0.05, 0) is 37.7 Å². The van der Waals surface area contributed by atoms with Crippen LogP contribution < -0.4 is 11.4 Å². The molecule has 2 aliphatic heterocycles. The first-order valence-electron chi connectivity index (χ1n) is 27.7. The Hall–Kier alpha value is -2.91. The summed E-state index contributed by atoms with van der Waals surface area (Å²) < 4.78 is 59.1. The van der Waals surface area contributed by atoms with Crippen LogP contribution in [0.25, 0.3) is 0 Å². The third-order valence-corrected chi connectivity index (χ3v) is 16.3. The molecule has 2 fully saturated rings. The topological polar surface area (TPSA) is 323 Å². The maximum atomic E-state index is 14.0. The number of carbonyl (C=O) groups excluding carboxylic acids is 3. The van der Waals surface area contributed by atoms with Gasteiger partial charge < -0.3 is 50.2 Å². The predicted octanol–water partition coefficient (Wildman–Crippen LogP) is 8.45. The molecule has 0 radical (unpaired) electrons. The van der Waals surface area contributed by atoms with Crippen LogP contribution in [0.3, 0.4) is 0 Å². The van der Waals surface area contributed by atoms with E-state index in [9.17, 15) is 58.5 Å². The molecule has 1 aromatic heterocycles. The molecule has 23 heteroatoms. The number of anilines is 1. The molecular weight excluding hydrogens is 1020 g/mol. The Bertz CT molecular complexity index is 1990. The number of unbranched alkanes of at least 4 members (excludes halogenated alkanes) is 15. The number of hydrogen-bond donors (Lipinski definition) is 7. The Morgan fingerprint density at radius 1 is 0.827 bits per heavy atom. The van der Waals surface area contributed by atoms with Crippen LogP contribution in [0.2, 0.25) is 0 Å². The molecule has 0 aromatic carbocycles. The smallest absolute Gasteiger partial charge is 0.462 e. The molecule has 0 amide bonds. The van der Waals surface area contributed by atoms with Crippen molar-refractivity contribution in [2.45, 2.75) is 237 Å². The van der Waals surface area contributed by atoms with E-state index in [1.807, 2.05) is 6.92 Å². The number of aliphatic hydroxyl groups is 4. The van der Waals surface area contributed by atoms with E-state index in [2.05, 4.69) is 23.1 Å². The van der Waals surface area contributed by atoms with Gasteiger partial charge in [-0.1, -0.05) is 161 Å². The summed E-state index contributed by atoms with van der Waals surface area (Å²) in [5.74, 6) is -4.22. The second-order valence-electron chi connectivity index (χ2n) is 20.7. The minimum Gasteiger partial charge on any atom is -0.462 e. The molecule has 8 N–H and O–H groups in total. The highest BCUT2D eigenvalue weighted by Crippen LogP contribution is 2.60. The number of ketones is 1. The molecule has 2 saturated heterocycles. The van der Waals surface area contributed by atoms with E-state index >= 15 is 0 Å². The number of carbonyl (C=O) groups is 3. The summed E-state index contributed by atoms with van der Waals surface area (Å²) in [6, 6.07) is 1.25. The average Bonchev–Trinajstić information content (AvgIpc) is 3.33. The second kappa shape index (κ2) is 36.3. The number of nitrogen functional groups attached to an aromatic ring is 1. The van der Waals surface area contributed by atoms with Gasteiger partial charge in [0.15, 0.2) is 6.10 Å². The number of ether oxygens (including phenoxy) is 3.